The van der Waals surface area contributed by atoms with Crippen LogP contribution in [0.5, 0.6) is 0 Å². The number of hydrogen-bond donors (Lipinski definition) is 2. The molecule has 1 heterocycles. The van der Waals surface area contributed by atoms with E-state index in [1.165, 1.54) is 11.3 Å². The van der Waals surface area contributed by atoms with Crippen LogP contribution in [-0.4, -0.2) is 30.2 Å². The smallest absolute Gasteiger partial charge is 0.303 e. The Labute approximate surface area is 104 Å². The maximum atomic E-state index is 11.5. The van der Waals surface area contributed by atoms with Gasteiger partial charge >= 0.3 is 5.97 Å². The number of rotatable bonds is 7. The molecule has 0 aliphatic rings. The van der Waals surface area contributed by atoms with Gasteiger partial charge in [0.1, 0.15) is 5.01 Å². The lowest BCUT2D eigenvalue weighted by Gasteiger charge is -2.03. The highest BCUT2D eigenvalue weighted by Gasteiger charge is 2.11. The molecular formula is C9H14N2O4S2. The van der Waals surface area contributed by atoms with Gasteiger partial charge in [0.2, 0.25) is 10.0 Å². The van der Waals surface area contributed by atoms with Crippen LogP contribution in [0.15, 0.2) is 6.20 Å². The maximum Gasteiger partial charge on any atom is 0.303 e. The minimum Gasteiger partial charge on any atom is -0.481 e. The van der Waals surface area contributed by atoms with Crippen molar-refractivity contribution in [2.45, 2.75) is 26.3 Å². The highest BCUT2D eigenvalue weighted by molar-refractivity contribution is 7.89. The van der Waals surface area contributed by atoms with Gasteiger partial charge in [-0.05, 0) is 13.3 Å². The molecule has 0 unspecified atom stereocenters. The van der Waals surface area contributed by atoms with Crippen LogP contribution >= 0.6 is 11.3 Å². The molecule has 6 nitrogen and oxygen atoms in total. The third-order valence-electron chi connectivity index (χ3n) is 1.92. The van der Waals surface area contributed by atoms with Crippen LogP contribution in [-0.2, 0) is 21.4 Å². The minimum atomic E-state index is -3.41. The first-order chi connectivity index (χ1) is 7.89. The number of aryl methyl sites for hydroxylation is 1. The van der Waals surface area contributed by atoms with Crippen molar-refractivity contribution >= 4 is 27.3 Å². The monoisotopic (exact) mass is 278 g/mol. The molecule has 0 aliphatic heterocycles. The van der Waals surface area contributed by atoms with E-state index < -0.39 is 16.0 Å². The second kappa shape index (κ2) is 6.08. The number of hydrogen-bond acceptors (Lipinski definition) is 5. The molecule has 0 saturated carbocycles. The minimum absolute atomic E-state index is 0.113. The second-order valence-corrected chi connectivity index (χ2v) is 6.75. The molecule has 0 radical (unpaired) electrons. The Morgan fingerprint density at radius 3 is 2.82 bits per heavy atom. The van der Waals surface area contributed by atoms with Gasteiger partial charge in [0, 0.05) is 17.5 Å². The summed E-state index contributed by atoms with van der Waals surface area (Å²) in [5.41, 5.74) is 0. The fraction of sp³-hybridized carbons (Fsp3) is 0.556. The summed E-state index contributed by atoms with van der Waals surface area (Å²) in [7, 11) is -3.41. The molecule has 0 bridgehead atoms. The highest BCUT2D eigenvalue weighted by atomic mass is 32.2. The van der Waals surface area contributed by atoms with Crippen LogP contribution in [0, 0.1) is 6.92 Å². The summed E-state index contributed by atoms with van der Waals surface area (Å²) in [4.78, 5) is 15.3. The van der Waals surface area contributed by atoms with Gasteiger partial charge in [-0.15, -0.1) is 11.3 Å². The number of nitrogens with one attached hydrogen (secondary N) is 1. The average molecular weight is 278 g/mol. The number of sulfonamides is 1. The summed E-state index contributed by atoms with van der Waals surface area (Å²) >= 11 is 1.42. The summed E-state index contributed by atoms with van der Waals surface area (Å²) in [6.07, 6.45) is 1.65. The molecule has 0 saturated heterocycles. The van der Waals surface area contributed by atoms with E-state index in [-0.39, 0.29) is 25.1 Å². The Balaban J connectivity index is 2.36. The first-order valence-corrected chi connectivity index (χ1v) is 7.46. The quantitative estimate of drug-likeness (QED) is 0.766. The standard InChI is InChI=1S/C9H14N2O4S2/c1-7-5-10-8(16-7)6-11-17(14,15)4-2-3-9(12)13/h5,11H,2-4,6H2,1H3,(H,12,13). The maximum absolute atomic E-state index is 11.5. The largest absolute Gasteiger partial charge is 0.481 e. The summed E-state index contributed by atoms with van der Waals surface area (Å²) in [6, 6.07) is 0. The molecule has 0 atom stereocenters. The SMILES string of the molecule is Cc1cnc(CNS(=O)(=O)CCCC(=O)O)s1. The number of thiazole rings is 1. The molecule has 0 fully saturated rings. The van der Waals surface area contributed by atoms with Crippen LogP contribution in [0.2, 0.25) is 0 Å². The van der Waals surface area contributed by atoms with Crippen molar-refractivity contribution in [1.82, 2.24) is 9.71 Å². The Kier molecular flexibility index (Phi) is 5.03. The van der Waals surface area contributed by atoms with Crippen LogP contribution in [0.1, 0.15) is 22.7 Å². The Hall–Kier alpha value is -0.990. The predicted octanol–water partition coefficient (Wildman–Crippen LogP) is 0.736. The summed E-state index contributed by atoms with van der Waals surface area (Å²) < 4.78 is 25.3. The average Bonchev–Trinajstić information content (AvgIpc) is 2.61. The zero-order valence-electron chi connectivity index (χ0n) is 9.34. The molecule has 0 spiro atoms. The van der Waals surface area contributed by atoms with Gasteiger partial charge in [0.15, 0.2) is 0 Å². The predicted molar refractivity (Wildman–Crippen MR) is 64.3 cm³/mol. The number of aliphatic carboxylic acids is 1. The third kappa shape index (κ3) is 5.76. The lowest BCUT2D eigenvalue weighted by Crippen LogP contribution is -2.26. The Bertz CT molecular complexity index is 481. The molecule has 0 amide bonds. The number of carbonyl (C=O) groups is 1. The molecule has 0 aliphatic carbocycles. The number of aromatic nitrogens is 1. The van der Waals surface area contributed by atoms with Crippen molar-refractivity contribution in [3.8, 4) is 0 Å². The Morgan fingerprint density at radius 2 is 2.29 bits per heavy atom. The molecule has 17 heavy (non-hydrogen) atoms. The van der Waals surface area contributed by atoms with E-state index in [9.17, 15) is 13.2 Å². The van der Waals surface area contributed by atoms with E-state index in [0.717, 1.165) is 4.88 Å². The normalized spacial score (nSPS) is 11.6. The van der Waals surface area contributed by atoms with Crippen LogP contribution in [0.25, 0.3) is 0 Å². The van der Waals surface area contributed by atoms with E-state index in [1.54, 1.807) is 6.20 Å². The summed E-state index contributed by atoms with van der Waals surface area (Å²) in [5.74, 6) is -1.17. The zero-order valence-corrected chi connectivity index (χ0v) is 11.0. The molecule has 0 aromatic carbocycles. The van der Waals surface area contributed by atoms with Crippen molar-refractivity contribution < 1.29 is 18.3 Å². The molecule has 2 N–H and O–H groups in total. The zero-order chi connectivity index (χ0) is 12.9. The lowest BCUT2D eigenvalue weighted by atomic mass is 10.3. The van der Waals surface area contributed by atoms with Crippen molar-refractivity contribution in [3.05, 3.63) is 16.1 Å². The van der Waals surface area contributed by atoms with Crippen molar-refractivity contribution in [3.63, 3.8) is 0 Å². The van der Waals surface area contributed by atoms with Crippen molar-refractivity contribution in [2.24, 2.45) is 0 Å². The van der Waals surface area contributed by atoms with Gasteiger partial charge in [-0.2, -0.15) is 0 Å². The van der Waals surface area contributed by atoms with Crippen molar-refractivity contribution in [1.29, 1.82) is 0 Å². The van der Waals surface area contributed by atoms with E-state index >= 15 is 0 Å². The van der Waals surface area contributed by atoms with E-state index in [2.05, 4.69) is 9.71 Å². The van der Waals surface area contributed by atoms with E-state index in [1.807, 2.05) is 6.92 Å². The van der Waals surface area contributed by atoms with Gasteiger partial charge in [-0.3, -0.25) is 4.79 Å². The molecule has 1 aromatic rings. The van der Waals surface area contributed by atoms with E-state index in [0.29, 0.717) is 5.01 Å². The molecule has 96 valence electrons. The Morgan fingerprint density at radius 1 is 1.59 bits per heavy atom. The number of carboxylic acids is 1. The van der Waals surface area contributed by atoms with Crippen LogP contribution < -0.4 is 4.72 Å². The van der Waals surface area contributed by atoms with Gasteiger partial charge in [0.05, 0.1) is 12.3 Å². The highest BCUT2D eigenvalue weighted by Crippen LogP contribution is 2.10. The van der Waals surface area contributed by atoms with Gasteiger partial charge in [0.25, 0.3) is 0 Å². The van der Waals surface area contributed by atoms with Gasteiger partial charge in [-0.1, -0.05) is 0 Å². The first kappa shape index (κ1) is 14.1. The number of carboxylic acid groups (broad SMARTS) is 1. The van der Waals surface area contributed by atoms with Gasteiger partial charge in [-0.25, -0.2) is 18.1 Å². The molecule has 1 aromatic heterocycles. The first-order valence-electron chi connectivity index (χ1n) is 4.99. The van der Waals surface area contributed by atoms with Gasteiger partial charge < -0.3 is 5.11 Å². The fourth-order valence-electron chi connectivity index (χ4n) is 1.14. The van der Waals surface area contributed by atoms with E-state index in [4.69, 9.17) is 5.11 Å². The number of nitrogens with zero attached hydrogens (tertiary/aromatic N) is 1. The van der Waals surface area contributed by atoms with Crippen LogP contribution in [0.4, 0.5) is 0 Å². The summed E-state index contributed by atoms with van der Waals surface area (Å²) in [6.45, 7) is 2.05. The van der Waals surface area contributed by atoms with Crippen LogP contribution in [0.3, 0.4) is 0 Å². The van der Waals surface area contributed by atoms with Crippen molar-refractivity contribution in [2.75, 3.05) is 5.75 Å². The lowest BCUT2D eigenvalue weighted by molar-refractivity contribution is -0.137. The fourth-order valence-corrected chi connectivity index (χ4v) is 2.98. The topological polar surface area (TPSA) is 96.4 Å². The molecule has 1 rings (SSSR count). The second-order valence-electron chi connectivity index (χ2n) is 3.50. The molecular weight excluding hydrogens is 264 g/mol. The summed E-state index contributed by atoms with van der Waals surface area (Å²) in [5, 5.41) is 9.10. The third-order valence-corrected chi connectivity index (χ3v) is 4.24. The molecule has 8 heteroatoms.